The molecular weight excluding hydrogens is 306 g/mol. The first-order chi connectivity index (χ1) is 7.84. The minimum atomic E-state index is -3.61. The van der Waals surface area contributed by atoms with Crippen LogP contribution < -0.4 is 4.72 Å². The third-order valence-electron chi connectivity index (χ3n) is 2.14. The molecule has 1 N–H and O–H groups in total. The molecule has 4 nitrogen and oxygen atoms in total. The van der Waals surface area contributed by atoms with E-state index < -0.39 is 15.9 Å². The van der Waals surface area contributed by atoms with Crippen LogP contribution in [0.15, 0.2) is 22.7 Å². The average Bonchev–Trinajstić information content (AvgIpc) is 2.21. The molecule has 94 valence electrons. The fourth-order valence-electron chi connectivity index (χ4n) is 1.26. The maximum absolute atomic E-state index is 11.7. The number of amides is 1. The zero-order valence-electron chi connectivity index (χ0n) is 9.66. The van der Waals surface area contributed by atoms with Crippen LogP contribution in [-0.2, 0) is 20.6 Å². The second kappa shape index (κ2) is 5.64. The van der Waals surface area contributed by atoms with Crippen molar-refractivity contribution in [1.82, 2.24) is 4.72 Å². The molecule has 0 aliphatic rings. The number of carbonyl (C=O) groups excluding carboxylic acids is 1. The first-order valence-electron chi connectivity index (χ1n) is 5.12. The maximum Gasteiger partial charge on any atom is 0.239 e. The van der Waals surface area contributed by atoms with Crippen molar-refractivity contribution >= 4 is 31.9 Å². The fourth-order valence-corrected chi connectivity index (χ4v) is 3.30. The molecule has 6 heteroatoms. The number of aryl methyl sites for hydroxylation is 1. The summed E-state index contributed by atoms with van der Waals surface area (Å²) in [6, 6.07) is 5.40. The molecule has 0 radical (unpaired) electrons. The van der Waals surface area contributed by atoms with Gasteiger partial charge in [-0.05, 0) is 24.1 Å². The molecule has 0 saturated carbocycles. The first kappa shape index (κ1) is 14.2. The van der Waals surface area contributed by atoms with Gasteiger partial charge in [0, 0.05) is 10.9 Å². The van der Waals surface area contributed by atoms with Gasteiger partial charge in [0.2, 0.25) is 15.9 Å². The fraction of sp³-hybridized carbons (Fsp3) is 0.364. The maximum atomic E-state index is 11.7. The normalized spacial score (nSPS) is 11.2. The lowest BCUT2D eigenvalue weighted by Gasteiger charge is -2.08. The molecule has 0 unspecified atom stereocenters. The van der Waals surface area contributed by atoms with Crippen molar-refractivity contribution in [3.05, 3.63) is 33.8 Å². The second-order valence-electron chi connectivity index (χ2n) is 3.73. The van der Waals surface area contributed by atoms with E-state index in [0.717, 1.165) is 10.0 Å². The Labute approximate surface area is 110 Å². The van der Waals surface area contributed by atoms with Crippen LogP contribution in [0.1, 0.15) is 24.5 Å². The SMILES string of the molecule is CCC(=O)NS(=O)(=O)Cc1ccc(C)cc1Br. The highest BCUT2D eigenvalue weighted by molar-refractivity contribution is 9.10. The predicted molar refractivity (Wildman–Crippen MR) is 69.9 cm³/mol. The smallest absolute Gasteiger partial charge is 0.239 e. The lowest BCUT2D eigenvalue weighted by Crippen LogP contribution is -2.30. The van der Waals surface area contributed by atoms with E-state index in [9.17, 15) is 13.2 Å². The number of sulfonamides is 1. The summed E-state index contributed by atoms with van der Waals surface area (Å²) < 4.78 is 26.0. The van der Waals surface area contributed by atoms with E-state index in [2.05, 4.69) is 15.9 Å². The first-order valence-corrected chi connectivity index (χ1v) is 7.57. The minimum Gasteiger partial charge on any atom is -0.274 e. The van der Waals surface area contributed by atoms with Crippen LogP contribution in [-0.4, -0.2) is 14.3 Å². The Bertz CT molecular complexity index is 526. The van der Waals surface area contributed by atoms with Gasteiger partial charge in [-0.15, -0.1) is 0 Å². The van der Waals surface area contributed by atoms with Gasteiger partial charge in [0.05, 0.1) is 5.75 Å². The van der Waals surface area contributed by atoms with Crippen LogP contribution in [0.4, 0.5) is 0 Å². The van der Waals surface area contributed by atoms with Crippen LogP contribution in [0.5, 0.6) is 0 Å². The number of rotatable bonds is 4. The molecular formula is C11H14BrNO3S. The van der Waals surface area contributed by atoms with Gasteiger partial charge >= 0.3 is 0 Å². The Balaban J connectivity index is 2.87. The predicted octanol–water partition coefficient (Wildman–Crippen LogP) is 2.11. The summed E-state index contributed by atoms with van der Waals surface area (Å²) in [6.07, 6.45) is 0.147. The van der Waals surface area contributed by atoms with Gasteiger partial charge in [-0.25, -0.2) is 8.42 Å². The van der Waals surface area contributed by atoms with E-state index in [1.165, 1.54) is 0 Å². The summed E-state index contributed by atoms with van der Waals surface area (Å²) in [5, 5.41) is 0. The highest BCUT2D eigenvalue weighted by Crippen LogP contribution is 2.20. The van der Waals surface area contributed by atoms with E-state index in [1.807, 2.05) is 23.8 Å². The van der Waals surface area contributed by atoms with Crippen molar-refractivity contribution in [2.45, 2.75) is 26.0 Å². The van der Waals surface area contributed by atoms with E-state index in [4.69, 9.17) is 0 Å². The highest BCUT2D eigenvalue weighted by Gasteiger charge is 2.15. The number of carbonyl (C=O) groups is 1. The van der Waals surface area contributed by atoms with Crippen molar-refractivity contribution in [3.63, 3.8) is 0 Å². The standard InChI is InChI=1S/C11H14BrNO3S/c1-3-11(14)13-17(15,16)7-9-5-4-8(2)6-10(9)12/h4-6H,3,7H2,1-2H3,(H,13,14). The molecule has 0 bridgehead atoms. The van der Waals surface area contributed by atoms with E-state index in [0.29, 0.717) is 5.56 Å². The zero-order valence-corrected chi connectivity index (χ0v) is 12.1. The van der Waals surface area contributed by atoms with E-state index in [-0.39, 0.29) is 12.2 Å². The molecule has 0 aromatic heterocycles. The molecule has 0 saturated heterocycles. The minimum absolute atomic E-state index is 0.147. The summed E-state index contributed by atoms with van der Waals surface area (Å²) in [7, 11) is -3.61. The Morgan fingerprint density at radius 3 is 2.59 bits per heavy atom. The van der Waals surface area contributed by atoms with E-state index in [1.54, 1.807) is 13.0 Å². The van der Waals surface area contributed by atoms with Crippen molar-refractivity contribution in [2.75, 3.05) is 0 Å². The summed E-state index contributed by atoms with van der Waals surface area (Å²) >= 11 is 3.31. The molecule has 1 aromatic rings. The highest BCUT2D eigenvalue weighted by atomic mass is 79.9. The van der Waals surface area contributed by atoms with Gasteiger partial charge in [0.25, 0.3) is 0 Å². The number of halogens is 1. The molecule has 0 spiro atoms. The number of benzene rings is 1. The molecule has 1 amide bonds. The van der Waals surface area contributed by atoms with Crippen LogP contribution in [0, 0.1) is 6.92 Å². The average molecular weight is 320 g/mol. The molecule has 1 rings (SSSR count). The van der Waals surface area contributed by atoms with Gasteiger partial charge in [-0.3, -0.25) is 9.52 Å². The third kappa shape index (κ3) is 4.47. The summed E-state index contributed by atoms with van der Waals surface area (Å²) in [5.74, 6) is -0.701. The van der Waals surface area contributed by atoms with Crippen LogP contribution >= 0.6 is 15.9 Å². The van der Waals surface area contributed by atoms with Crippen LogP contribution in [0.3, 0.4) is 0 Å². The lowest BCUT2D eigenvalue weighted by atomic mass is 10.2. The largest absolute Gasteiger partial charge is 0.274 e. The second-order valence-corrected chi connectivity index (χ2v) is 6.31. The molecule has 1 aromatic carbocycles. The lowest BCUT2D eigenvalue weighted by molar-refractivity contribution is -0.119. The molecule has 0 aliphatic carbocycles. The monoisotopic (exact) mass is 319 g/mol. The van der Waals surface area contributed by atoms with Crippen LogP contribution in [0.25, 0.3) is 0 Å². The van der Waals surface area contributed by atoms with Gasteiger partial charge in [0.15, 0.2) is 0 Å². The number of hydrogen-bond donors (Lipinski definition) is 1. The van der Waals surface area contributed by atoms with Gasteiger partial charge in [-0.2, -0.15) is 0 Å². The Hall–Kier alpha value is -0.880. The van der Waals surface area contributed by atoms with Crippen molar-refractivity contribution < 1.29 is 13.2 Å². The molecule has 0 fully saturated rings. The van der Waals surface area contributed by atoms with Gasteiger partial charge < -0.3 is 0 Å². The molecule has 0 aliphatic heterocycles. The van der Waals surface area contributed by atoms with Crippen molar-refractivity contribution in [3.8, 4) is 0 Å². The number of nitrogens with one attached hydrogen (secondary N) is 1. The Morgan fingerprint density at radius 2 is 2.06 bits per heavy atom. The van der Waals surface area contributed by atoms with Crippen molar-refractivity contribution in [1.29, 1.82) is 0 Å². The quantitative estimate of drug-likeness (QED) is 0.924. The topological polar surface area (TPSA) is 63.2 Å². The Kier molecular flexibility index (Phi) is 4.70. The summed E-state index contributed by atoms with van der Waals surface area (Å²) in [6.45, 7) is 3.52. The molecule has 0 atom stereocenters. The zero-order chi connectivity index (χ0) is 13.1. The Morgan fingerprint density at radius 1 is 1.41 bits per heavy atom. The summed E-state index contributed by atoms with van der Waals surface area (Å²) in [5.41, 5.74) is 1.67. The molecule has 17 heavy (non-hydrogen) atoms. The van der Waals surface area contributed by atoms with Crippen molar-refractivity contribution in [2.24, 2.45) is 0 Å². The van der Waals surface area contributed by atoms with Crippen LogP contribution in [0.2, 0.25) is 0 Å². The molecule has 0 heterocycles. The van der Waals surface area contributed by atoms with E-state index >= 15 is 0 Å². The van der Waals surface area contributed by atoms with Gasteiger partial charge in [0.1, 0.15) is 0 Å². The third-order valence-corrected chi connectivity index (χ3v) is 4.11. The van der Waals surface area contributed by atoms with Gasteiger partial charge in [-0.1, -0.05) is 35.0 Å². The number of hydrogen-bond acceptors (Lipinski definition) is 3. The summed E-state index contributed by atoms with van der Waals surface area (Å²) in [4.78, 5) is 11.1.